The SMILES string of the molecule is CNc1nnc(SCC(O)COCc2ccc(OC)c(OC)c2)s1. The zero-order chi connectivity index (χ0) is 17.4. The van der Waals surface area contributed by atoms with Gasteiger partial charge in [0.05, 0.1) is 33.5 Å². The number of methoxy groups -OCH3 is 2. The van der Waals surface area contributed by atoms with E-state index in [9.17, 15) is 5.11 Å². The van der Waals surface area contributed by atoms with Gasteiger partial charge in [-0.25, -0.2) is 0 Å². The van der Waals surface area contributed by atoms with Crippen LogP contribution in [0, 0.1) is 0 Å². The summed E-state index contributed by atoms with van der Waals surface area (Å²) in [6, 6.07) is 5.60. The summed E-state index contributed by atoms with van der Waals surface area (Å²) in [6.45, 7) is 0.643. The first kappa shape index (κ1) is 18.8. The Morgan fingerprint density at radius 2 is 2.04 bits per heavy atom. The molecule has 132 valence electrons. The number of benzene rings is 1. The van der Waals surface area contributed by atoms with E-state index >= 15 is 0 Å². The summed E-state index contributed by atoms with van der Waals surface area (Å²) in [5.41, 5.74) is 0.954. The van der Waals surface area contributed by atoms with Crippen LogP contribution in [0.25, 0.3) is 0 Å². The van der Waals surface area contributed by atoms with Gasteiger partial charge in [-0.05, 0) is 17.7 Å². The fourth-order valence-corrected chi connectivity index (χ4v) is 3.51. The Kier molecular flexibility index (Phi) is 7.57. The highest BCUT2D eigenvalue weighted by atomic mass is 32.2. The molecule has 9 heteroatoms. The van der Waals surface area contributed by atoms with Gasteiger partial charge in [0, 0.05) is 12.8 Å². The van der Waals surface area contributed by atoms with Gasteiger partial charge >= 0.3 is 0 Å². The fourth-order valence-electron chi connectivity index (χ4n) is 1.87. The van der Waals surface area contributed by atoms with Gasteiger partial charge < -0.3 is 24.6 Å². The Balaban J connectivity index is 1.73. The van der Waals surface area contributed by atoms with Crippen LogP contribution in [0.2, 0.25) is 0 Å². The lowest BCUT2D eigenvalue weighted by Gasteiger charge is -2.12. The predicted octanol–water partition coefficient (Wildman–Crippen LogP) is 2.27. The number of hydrogen-bond donors (Lipinski definition) is 2. The van der Waals surface area contributed by atoms with Crippen LogP contribution in [0.3, 0.4) is 0 Å². The lowest BCUT2D eigenvalue weighted by atomic mass is 10.2. The van der Waals surface area contributed by atoms with E-state index in [1.165, 1.54) is 23.1 Å². The number of nitrogens with one attached hydrogen (secondary N) is 1. The number of ether oxygens (including phenoxy) is 3. The molecule has 2 rings (SSSR count). The molecule has 7 nitrogen and oxygen atoms in total. The molecule has 2 aromatic rings. The van der Waals surface area contributed by atoms with Crippen molar-refractivity contribution in [3.8, 4) is 11.5 Å². The van der Waals surface area contributed by atoms with Crippen molar-refractivity contribution in [2.45, 2.75) is 17.1 Å². The van der Waals surface area contributed by atoms with E-state index < -0.39 is 6.10 Å². The fraction of sp³-hybridized carbons (Fsp3) is 0.467. The number of anilines is 1. The smallest absolute Gasteiger partial charge is 0.206 e. The number of aliphatic hydroxyl groups excluding tert-OH is 1. The lowest BCUT2D eigenvalue weighted by Crippen LogP contribution is -2.17. The van der Waals surface area contributed by atoms with Gasteiger partial charge in [-0.3, -0.25) is 0 Å². The molecule has 0 aliphatic carbocycles. The van der Waals surface area contributed by atoms with Crippen LogP contribution in [0.5, 0.6) is 11.5 Å². The van der Waals surface area contributed by atoms with E-state index in [1.54, 1.807) is 21.3 Å². The summed E-state index contributed by atoms with van der Waals surface area (Å²) in [6.07, 6.45) is -0.572. The number of nitrogens with zero attached hydrogens (tertiary/aromatic N) is 2. The standard InChI is InChI=1S/C15H21N3O4S2/c1-16-14-17-18-15(24-14)23-9-11(19)8-22-7-10-4-5-12(20-2)13(6-10)21-3/h4-6,11,19H,7-9H2,1-3H3,(H,16,17). The minimum absolute atomic E-state index is 0.249. The highest BCUT2D eigenvalue weighted by Crippen LogP contribution is 2.28. The quantitative estimate of drug-likeness (QED) is 0.615. The Hall–Kier alpha value is -1.55. The minimum Gasteiger partial charge on any atom is -0.493 e. The molecule has 1 atom stereocenters. The van der Waals surface area contributed by atoms with Crippen LogP contribution in [-0.2, 0) is 11.3 Å². The van der Waals surface area contributed by atoms with Gasteiger partial charge in [0.2, 0.25) is 5.13 Å². The van der Waals surface area contributed by atoms with Crippen LogP contribution in [0.15, 0.2) is 22.5 Å². The van der Waals surface area contributed by atoms with E-state index in [0.717, 1.165) is 15.0 Å². The average molecular weight is 371 g/mol. The minimum atomic E-state index is -0.572. The van der Waals surface area contributed by atoms with Crippen LogP contribution in [0.4, 0.5) is 5.13 Å². The molecule has 0 bridgehead atoms. The first-order chi connectivity index (χ1) is 11.7. The summed E-state index contributed by atoms with van der Waals surface area (Å²) in [5, 5.41) is 21.6. The number of aliphatic hydroxyl groups is 1. The molecule has 0 radical (unpaired) electrons. The molecule has 0 saturated heterocycles. The Morgan fingerprint density at radius 3 is 2.71 bits per heavy atom. The molecule has 1 unspecified atom stereocenters. The van der Waals surface area contributed by atoms with Gasteiger partial charge in [0.25, 0.3) is 0 Å². The molecule has 1 aromatic heterocycles. The molecule has 0 fully saturated rings. The largest absolute Gasteiger partial charge is 0.493 e. The predicted molar refractivity (Wildman–Crippen MR) is 95.4 cm³/mol. The van der Waals surface area contributed by atoms with Gasteiger partial charge in [-0.2, -0.15) is 0 Å². The second-order valence-electron chi connectivity index (χ2n) is 4.79. The van der Waals surface area contributed by atoms with Crippen LogP contribution < -0.4 is 14.8 Å². The first-order valence-corrected chi connectivity index (χ1v) is 9.07. The van der Waals surface area contributed by atoms with Crippen molar-refractivity contribution in [3.63, 3.8) is 0 Å². The molecular weight excluding hydrogens is 350 g/mol. The highest BCUT2D eigenvalue weighted by Gasteiger charge is 2.10. The number of aromatic nitrogens is 2. The van der Waals surface area contributed by atoms with Gasteiger partial charge in [-0.15, -0.1) is 10.2 Å². The molecule has 0 aliphatic heterocycles. The summed E-state index contributed by atoms with van der Waals surface area (Å²) in [4.78, 5) is 0. The van der Waals surface area contributed by atoms with E-state index in [-0.39, 0.29) is 6.61 Å². The van der Waals surface area contributed by atoms with Crippen molar-refractivity contribution in [2.24, 2.45) is 0 Å². The van der Waals surface area contributed by atoms with Crippen molar-refractivity contribution in [1.29, 1.82) is 0 Å². The topological polar surface area (TPSA) is 85.7 Å². The molecule has 1 aromatic carbocycles. The van der Waals surface area contributed by atoms with Crippen molar-refractivity contribution in [3.05, 3.63) is 23.8 Å². The van der Waals surface area contributed by atoms with Gasteiger partial charge in [0.1, 0.15) is 0 Å². The highest BCUT2D eigenvalue weighted by molar-refractivity contribution is 8.01. The van der Waals surface area contributed by atoms with E-state index in [4.69, 9.17) is 14.2 Å². The Bertz CT molecular complexity index is 639. The molecule has 24 heavy (non-hydrogen) atoms. The van der Waals surface area contributed by atoms with Crippen LogP contribution in [0.1, 0.15) is 5.56 Å². The van der Waals surface area contributed by atoms with Crippen LogP contribution in [-0.4, -0.2) is 55.0 Å². The number of rotatable bonds is 10. The zero-order valence-electron chi connectivity index (χ0n) is 13.8. The van der Waals surface area contributed by atoms with Crippen molar-refractivity contribution < 1.29 is 19.3 Å². The molecule has 2 N–H and O–H groups in total. The first-order valence-electron chi connectivity index (χ1n) is 7.27. The summed E-state index contributed by atoms with van der Waals surface area (Å²) >= 11 is 2.92. The monoisotopic (exact) mass is 371 g/mol. The third-order valence-corrected chi connectivity index (χ3v) is 5.27. The van der Waals surface area contributed by atoms with Crippen molar-refractivity contribution >= 4 is 28.2 Å². The maximum absolute atomic E-state index is 9.99. The maximum Gasteiger partial charge on any atom is 0.206 e. The van der Waals surface area contributed by atoms with E-state index in [2.05, 4.69) is 15.5 Å². The maximum atomic E-state index is 9.99. The normalized spacial score (nSPS) is 12.0. The van der Waals surface area contributed by atoms with Crippen molar-refractivity contribution in [2.75, 3.05) is 38.9 Å². The lowest BCUT2D eigenvalue weighted by molar-refractivity contribution is 0.0397. The van der Waals surface area contributed by atoms with E-state index in [0.29, 0.717) is 23.9 Å². The number of thioether (sulfide) groups is 1. The zero-order valence-corrected chi connectivity index (χ0v) is 15.4. The summed E-state index contributed by atoms with van der Waals surface area (Å²) in [7, 11) is 4.99. The molecule has 0 spiro atoms. The average Bonchev–Trinajstić information content (AvgIpc) is 3.08. The second kappa shape index (κ2) is 9.67. The summed E-state index contributed by atoms with van der Waals surface area (Å²) in [5.74, 6) is 1.84. The molecule has 0 aliphatic rings. The number of hydrogen-bond acceptors (Lipinski definition) is 9. The summed E-state index contributed by atoms with van der Waals surface area (Å²) < 4.78 is 16.8. The van der Waals surface area contributed by atoms with Crippen molar-refractivity contribution in [1.82, 2.24) is 10.2 Å². The van der Waals surface area contributed by atoms with E-state index in [1.807, 2.05) is 18.2 Å². The third-order valence-electron chi connectivity index (χ3n) is 3.05. The third kappa shape index (κ3) is 5.52. The molecule has 0 saturated carbocycles. The molecular formula is C15H21N3O4S2. The Morgan fingerprint density at radius 1 is 1.25 bits per heavy atom. The molecule has 1 heterocycles. The second-order valence-corrected chi connectivity index (χ2v) is 7.04. The van der Waals surface area contributed by atoms with Crippen LogP contribution >= 0.6 is 23.1 Å². The van der Waals surface area contributed by atoms with Gasteiger partial charge in [-0.1, -0.05) is 29.2 Å². The Labute approximate surface area is 149 Å². The van der Waals surface area contributed by atoms with Gasteiger partial charge in [0.15, 0.2) is 15.8 Å². The molecule has 0 amide bonds.